The van der Waals surface area contributed by atoms with Gasteiger partial charge in [0, 0.05) is 29.7 Å². The highest BCUT2D eigenvalue weighted by Crippen LogP contribution is 3.83. The minimum Gasteiger partial charge on any atom is -0.423 e. The predicted octanol–water partition coefficient (Wildman–Crippen LogP) is 2.76. The van der Waals surface area contributed by atoms with Crippen LogP contribution in [0.1, 0.15) is 6.42 Å². The van der Waals surface area contributed by atoms with Gasteiger partial charge in [-0.2, -0.15) is 0 Å². The lowest BCUT2D eigenvalue weighted by Crippen LogP contribution is -2.16. The Labute approximate surface area is 157 Å². The third kappa shape index (κ3) is 0.294. The van der Waals surface area contributed by atoms with Gasteiger partial charge in [-0.3, -0.25) is 4.99 Å². The van der Waals surface area contributed by atoms with Crippen LogP contribution >= 0.6 is 0 Å². The second-order valence-corrected chi connectivity index (χ2v) is 13.2. The molecule has 0 N–H and O–H groups in total. The molecule has 28 heavy (non-hydrogen) atoms. The number of hydrogen-bond acceptors (Lipinski definition) is 3. The van der Waals surface area contributed by atoms with Crippen molar-refractivity contribution < 1.29 is 4.42 Å². The van der Waals surface area contributed by atoms with E-state index in [-0.39, 0.29) is 5.63 Å². The maximum Gasteiger partial charge on any atom is 0.336 e. The minimum atomic E-state index is -0.286. The molecule has 0 aliphatic heterocycles. The molecule has 3 nitrogen and oxygen atoms in total. The van der Waals surface area contributed by atoms with Crippen molar-refractivity contribution in [3.8, 4) is 0 Å². The van der Waals surface area contributed by atoms with Crippen molar-refractivity contribution in [2.24, 2.45) is 82.3 Å². The van der Waals surface area contributed by atoms with Crippen LogP contribution in [0.25, 0.3) is 11.0 Å². The van der Waals surface area contributed by atoms with E-state index in [1.165, 1.54) is 12.0 Å². The van der Waals surface area contributed by atoms with E-state index in [0.29, 0.717) is 5.58 Å². The van der Waals surface area contributed by atoms with Crippen molar-refractivity contribution in [1.82, 2.24) is 0 Å². The average molecular weight is 357 g/mol. The van der Waals surface area contributed by atoms with Gasteiger partial charge in [0.1, 0.15) is 5.58 Å². The number of rotatable bonds is 2. The van der Waals surface area contributed by atoms with E-state index in [0.717, 1.165) is 82.5 Å². The molecule has 1 aromatic carbocycles. The molecule has 14 atom stereocenters. The average Bonchev–Trinajstić information content (AvgIpc) is 3.44. The zero-order chi connectivity index (χ0) is 16.9. The van der Waals surface area contributed by atoms with Gasteiger partial charge in [-0.05, 0) is 96.0 Å². The Bertz CT molecular complexity index is 1730. The molecule has 0 bridgehead atoms. The minimum absolute atomic E-state index is 0.286. The van der Waals surface area contributed by atoms with Gasteiger partial charge in [-0.15, -0.1) is 0 Å². The summed E-state index contributed by atoms with van der Waals surface area (Å²) in [4.78, 5) is 16.3. The summed E-state index contributed by atoms with van der Waals surface area (Å²) in [5.41, 5.74) is 12.5. The number of benzene rings is 1. The van der Waals surface area contributed by atoms with E-state index in [4.69, 9.17) is 9.41 Å². The largest absolute Gasteiger partial charge is 0.423 e. The second kappa shape index (κ2) is 1.65. The fourth-order valence-electron chi connectivity index (χ4n) is 17.3. The number of fused-ring (bicyclic) bond motifs is 1. The number of nitrogens with zero attached hydrogens (tertiary/aromatic N) is 1. The van der Waals surface area contributed by atoms with Gasteiger partial charge < -0.3 is 4.42 Å². The highest BCUT2D eigenvalue weighted by atomic mass is 16.4. The van der Waals surface area contributed by atoms with Gasteiger partial charge in [0.25, 0.3) is 0 Å². The van der Waals surface area contributed by atoms with E-state index in [1.54, 1.807) is 6.42 Å². The van der Waals surface area contributed by atoms with Crippen LogP contribution in [-0.2, 0) is 0 Å². The smallest absolute Gasteiger partial charge is 0.336 e. The zero-order valence-electron chi connectivity index (χ0n) is 14.7. The summed E-state index contributed by atoms with van der Waals surface area (Å²) >= 11 is 0. The summed E-state index contributed by atoms with van der Waals surface area (Å²) in [5, 5.41) is 0.967. The van der Waals surface area contributed by atoms with Crippen molar-refractivity contribution in [3.63, 3.8) is 0 Å². The molecule has 13 aliphatic carbocycles. The molecule has 15 rings (SSSR count). The Hall–Kier alpha value is -1.90. The summed E-state index contributed by atoms with van der Waals surface area (Å²) in [6.45, 7) is 0. The van der Waals surface area contributed by atoms with Crippen LogP contribution in [-0.4, -0.2) is 6.21 Å². The van der Waals surface area contributed by atoms with Gasteiger partial charge in [-0.25, -0.2) is 4.79 Å². The second-order valence-electron chi connectivity index (χ2n) is 13.2. The Morgan fingerprint density at radius 3 is 2.68 bits per heavy atom. The van der Waals surface area contributed by atoms with Crippen molar-refractivity contribution in [3.05, 3.63) is 40.8 Å². The van der Waals surface area contributed by atoms with E-state index in [9.17, 15) is 4.79 Å². The van der Waals surface area contributed by atoms with E-state index in [2.05, 4.69) is 12.3 Å². The molecule has 1 aromatic heterocycles. The molecular weight excluding hydrogens is 346 g/mol. The Kier molecular flexibility index (Phi) is 0.601. The zero-order valence-corrected chi connectivity index (χ0v) is 14.7. The lowest BCUT2D eigenvalue weighted by atomic mass is 9.86. The molecule has 11 spiro atoms. The molecular formula is C25H11NO2. The molecule has 128 valence electrons. The molecule has 0 saturated heterocycles. The fraction of sp³-hybridized carbons (Fsp3) is 0.600. The van der Waals surface area contributed by atoms with Gasteiger partial charge in [0.05, 0.1) is 5.69 Å². The Morgan fingerprint density at radius 1 is 0.964 bits per heavy atom. The first-order valence-corrected chi connectivity index (χ1v) is 11.4. The monoisotopic (exact) mass is 357 g/mol. The lowest BCUT2D eigenvalue weighted by Gasteiger charge is -2.16. The van der Waals surface area contributed by atoms with Crippen molar-refractivity contribution in [2.75, 3.05) is 0 Å². The van der Waals surface area contributed by atoms with Gasteiger partial charge >= 0.3 is 5.63 Å². The van der Waals surface area contributed by atoms with E-state index < -0.39 is 0 Å². The molecule has 1 heterocycles. The summed E-state index contributed by atoms with van der Waals surface area (Å²) in [7, 11) is 0. The van der Waals surface area contributed by atoms with Crippen LogP contribution in [0.5, 0.6) is 0 Å². The van der Waals surface area contributed by atoms with E-state index >= 15 is 0 Å². The van der Waals surface area contributed by atoms with E-state index in [1.807, 2.05) is 18.2 Å². The maximum absolute atomic E-state index is 11.5. The normalized spacial score (nSPS) is 93.4. The van der Waals surface area contributed by atoms with Crippen LogP contribution in [0.4, 0.5) is 5.69 Å². The Balaban J connectivity index is 0.827. The number of hydrogen-bond donors (Lipinski definition) is 0. The summed E-state index contributed by atoms with van der Waals surface area (Å²) < 4.78 is 5.32. The molecule has 14 unspecified atom stereocenters. The van der Waals surface area contributed by atoms with Crippen molar-refractivity contribution >= 4 is 22.9 Å². The third-order valence-corrected chi connectivity index (χ3v) is 15.7. The van der Waals surface area contributed by atoms with Gasteiger partial charge in [0.15, 0.2) is 0 Å². The van der Waals surface area contributed by atoms with Crippen LogP contribution in [0, 0.1) is 77.3 Å². The maximum atomic E-state index is 11.5. The summed E-state index contributed by atoms with van der Waals surface area (Å²) in [6.07, 6.45) is 3.95. The van der Waals surface area contributed by atoms with Gasteiger partial charge in [0.2, 0.25) is 0 Å². The molecule has 2 aromatic rings. The quantitative estimate of drug-likeness (QED) is 0.613. The molecule has 13 fully saturated rings. The first-order chi connectivity index (χ1) is 13.8. The molecule has 13 aliphatic rings. The standard InChI is InChI=1S/C25H11NO2/c27-13-4-2-8-1-3-9(5-11(8)28-13)26-7-10-14-16(10)18(14)20(16)22(18)24(20)23-19-15-6-12(15)17(15,19)21(19,23)25(22,23)24/h1-5,7,10,12,14H,6H2. The highest BCUT2D eigenvalue weighted by Gasteiger charge is 3.83. The highest BCUT2D eigenvalue weighted by molar-refractivity contribution is 6.28. The van der Waals surface area contributed by atoms with Crippen LogP contribution in [0.2, 0.25) is 0 Å². The molecule has 0 amide bonds. The summed E-state index contributed by atoms with van der Waals surface area (Å²) in [6, 6.07) is 9.29. The fourth-order valence-corrected chi connectivity index (χ4v) is 17.3. The number of aliphatic imine (C=N–C) groups is 1. The van der Waals surface area contributed by atoms with Crippen molar-refractivity contribution in [2.45, 2.75) is 6.42 Å². The van der Waals surface area contributed by atoms with Crippen LogP contribution in [0.15, 0.2) is 44.5 Å². The molecule has 3 heteroatoms. The van der Waals surface area contributed by atoms with Crippen LogP contribution < -0.4 is 5.63 Å². The molecule has 0 radical (unpaired) electrons. The van der Waals surface area contributed by atoms with Gasteiger partial charge in [-0.1, -0.05) is 0 Å². The predicted molar refractivity (Wildman–Crippen MR) is 92.5 cm³/mol. The lowest BCUT2D eigenvalue weighted by molar-refractivity contribution is 0.300. The van der Waals surface area contributed by atoms with Crippen molar-refractivity contribution in [1.29, 1.82) is 0 Å². The van der Waals surface area contributed by atoms with Crippen LogP contribution in [0.3, 0.4) is 0 Å². The third-order valence-electron chi connectivity index (χ3n) is 15.7. The SMILES string of the molecule is O=c1ccc2ccc(N=CC3C4C35C43C54C35C43C46C78C9%10CC9C%107C84C563)cc2o1. The Morgan fingerprint density at radius 2 is 1.79 bits per heavy atom. The summed E-state index contributed by atoms with van der Waals surface area (Å²) in [5.74, 6) is 3.14. The first-order valence-electron chi connectivity index (χ1n) is 11.4. The first kappa shape index (κ1) is 10.2. The topological polar surface area (TPSA) is 42.6 Å². The molecule has 13 saturated carbocycles.